The Labute approximate surface area is 88.2 Å². The van der Waals surface area contributed by atoms with E-state index in [2.05, 4.69) is 20.8 Å². The van der Waals surface area contributed by atoms with E-state index in [1.165, 1.54) is 32.1 Å². The van der Waals surface area contributed by atoms with E-state index in [-0.39, 0.29) is 5.60 Å². The Morgan fingerprint density at radius 1 is 1.29 bits per heavy atom. The first-order valence-corrected chi connectivity index (χ1v) is 5.97. The van der Waals surface area contributed by atoms with Crippen LogP contribution in [0.4, 0.5) is 0 Å². The van der Waals surface area contributed by atoms with Gasteiger partial charge < -0.3 is 10.5 Å². The van der Waals surface area contributed by atoms with Crippen LogP contribution in [0.1, 0.15) is 52.9 Å². The van der Waals surface area contributed by atoms with Gasteiger partial charge in [0.05, 0.1) is 11.7 Å². The summed E-state index contributed by atoms with van der Waals surface area (Å²) in [5.74, 6) is 0.759. The third-order valence-corrected chi connectivity index (χ3v) is 3.33. The van der Waals surface area contributed by atoms with Crippen LogP contribution in [0.25, 0.3) is 0 Å². The van der Waals surface area contributed by atoms with Gasteiger partial charge in [0.25, 0.3) is 0 Å². The monoisotopic (exact) mass is 199 g/mol. The second kappa shape index (κ2) is 5.13. The smallest absolute Gasteiger partial charge is 0.0752 e. The molecule has 2 N–H and O–H groups in total. The predicted molar refractivity (Wildman–Crippen MR) is 60.3 cm³/mol. The molecule has 0 saturated heterocycles. The summed E-state index contributed by atoms with van der Waals surface area (Å²) < 4.78 is 6.11. The van der Waals surface area contributed by atoms with Crippen LogP contribution in [0, 0.1) is 5.92 Å². The molecule has 2 atom stereocenters. The summed E-state index contributed by atoms with van der Waals surface area (Å²) in [4.78, 5) is 0. The van der Waals surface area contributed by atoms with Crippen molar-refractivity contribution in [2.24, 2.45) is 11.7 Å². The van der Waals surface area contributed by atoms with Gasteiger partial charge in [0.15, 0.2) is 0 Å². The lowest BCUT2D eigenvalue weighted by Gasteiger charge is -2.37. The van der Waals surface area contributed by atoms with Gasteiger partial charge in [0.1, 0.15) is 0 Å². The third-order valence-electron chi connectivity index (χ3n) is 3.33. The van der Waals surface area contributed by atoms with Gasteiger partial charge in [-0.05, 0) is 32.6 Å². The zero-order chi connectivity index (χ0) is 10.6. The summed E-state index contributed by atoms with van der Waals surface area (Å²) >= 11 is 0. The lowest BCUT2D eigenvalue weighted by molar-refractivity contribution is -0.103. The zero-order valence-electron chi connectivity index (χ0n) is 9.88. The molecule has 1 aliphatic rings. The SMILES string of the molecule is CCC1CCCCC1OC(C)(C)CN. The number of rotatable bonds is 4. The van der Waals surface area contributed by atoms with Crippen molar-refractivity contribution in [2.45, 2.75) is 64.6 Å². The van der Waals surface area contributed by atoms with Crippen molar-refractivity contribution in [3.63, 3.8) is 0 Å². The number of ether oxygens (including phenoxy) is 1. The van der Waals surface area contributed by atoms with E-state index >= 15 is 0 Å². The van der Waals surface area contributed by atoms with E-state index < -0.39 is 0 Å². The van der Waals surface area contributed by atoms with Gasteiger partial charge in [0, 0.05) is 6.54 Å². The zero-order valence-corrected chi connectivity index (χ0v) is 9.88. The average Bonchev–Trinajstić information content (AvgIpc) is 2.18. The molecule has 0 aromatic heterocycles. The van der Waals surface area contributed by atoms with Crippen LogP contribution < -0.4 is 5.73 Å². The Balaban J connectivity index is 2.48. The van der Waals surface area contributed by atoms with Gasteiger partial charge in [-0.3, -0.25) is 0 Å². The highest BCUT2D eigenvalue weighted by atomic mass is 16.5. The number of hydrogen-bond donors (Lipinski definition) is 1. The molecule has 0 aromatic carbocycles. The molecular weight excluding hydrogens is 174 g/mol. The molecule has 0 aliphatic heterocycles. The first-order valence-electron chi connectivity index (χ1n) is 5.97. The molecule has 0 aromatic rings. The Bertz CT molecular complexity index is 168. The highest BCUT2D eigenvalue weighted by molar-refractivity contribution is 4.79. The Morgan fingerprint density at radius 3 is 2.50 bits per heavy atom. The molecule has 1 aliphatic carbocycles. The summed E-state index contributed by atoms with van der Waals surface area (Å²) in [6.07, 6.45) is 6.95. The molecule has 0 heterocycles. The fourth-order valence-corrected chi connectivity index (χ4v) is 2.25. The molecule has 0 bridgehead atoms. The van der Waals surface area contributed by atoms with Gasteiger partial charge in [-0.1, -0.05) is 26.2 Å². The molecule has 0 spiro atoms. The molecule has 84 valence electrons. The molecule has 2 nitrogen and oxygen atoms in total. The number of hydrogen-bond acceptors (Lipinski definition) is 2. The topological polar surface area (TPSA) is 35.2 Å². The molecule has 1 saturated carbocycles. The van der Waals surface area contributed by atoms with E-state index in [1.54, 1.807) is 0 Å². The molecule has 2 heteroatoms. The van der Waals surface area contributed by atoms with Crippen molar-refractivity contribution in [1.82, 2.24) is 0 Å². The maximum absolute atomic E-state index is 6.11. The molecular formula is C12H25NO. The third kappa shape index (κ3) is 3.25. The maximum Gasteiger partial charge on any atom is 0.0752 e. The Hall–Kier alpha value is -0.0800. The second-order valence-electron chi connectivity index (χ2n) is 5.07. The van der Waals surface area contributed by atoms with Crippen LogP contribution in [0.3, 0.4) is 0 Å². The largest absolute Gasteiger partial charge is 0.371 e. The second-order valence-corrected chi connectivity index (χ2v) is 5.07. The molecule has 1 rings (SSSR count). The quantitative estimate of drug-likeness (QED) is 0.755. The summed E-state index contributed by atoms with van der Waals surface area (Å²) in [5.41, 5.74) is 5.54. The van der Waals surface area contributed by atoms with Crippen molar-refractivity contribution in [3.8, 4) is 0 Å². The van der Waals surface area contributed by atoms with Crippen LogP contribution in [0.2, 0.25) is 0 Å². The van der Waals surface area contributed by atoms with Gasteiger partial charge in [-0.2, -0.15) is 0 Å². The van der Waals surface area contributed by atoms with E-state index in [9.17, 15) is 0 Å². The normalized spacial score (nSPS) is 29.1. The number of nitrogens with two attached hydrogens (primary N) is 1. The van der Waals surface area contributed by atoms with Gasteiger partial charge in [-0.25, -0.2) is 0 Å². The summed E-state index contributed by atoms with van der Waals surface area (Å²) in [6, 6.07) is 0. The van der Waals surface area contributed by atoms with E-state index in [0.717, 1.165) is 5.92 Å². The van der Waals surface area contributed by atoms with Crippen molar-refractivity contribution in [3.05, 3.63) is 0 Å². The fraction of sp³-hybridized carbons (Fsp3) is 1.00. The fourth-order valence-electron chi connectivity index (χ4n) is 2.25. The summed E-state index contributed by atoms with van der Waals surface area (Å²) in [6.45, 7) is 7.06. The predicted octanol–water partition coefficient (Wildman–Crippen LogP) is 2.71. The maximum atomic E-state index is 6.11. The summed E-state index contributed by atoms with van der Waals surface area (Å²) in [7, 11) is 0. The Kier molecular flexibility index (Phi) is 4.39. The molecule has 0 amide bonds. The summed E-state index contributed by atoms with van der Waals surface area (Å²) in [5, 5.41) is 0. The van der Waals surface area contributed by atoms with Gasteiger partial charge >= 0.3 is 0 Å². The van der Waals surface area contributed by atoms with Crippen LogP contribution in [0.15, 0.2) is 0 Å². The van der Waals surface area contributed by atoms with Gasteiger partial charge in [-0.15, -0.1) is 0 Å². The first-order chi connectivity index (χ1) is 6.59. The minimum absolute atomic E-state index is 0.143. The van der Waals surface area contributed by atoms with Crippen molar-refractivity contribution < 1.29 is 4.74 Å². The molecule has 2 unspecified atom stereocenters. The average molecular weight is 199 g/mol. The van der Waals surface area contributed by atoms with Crippen molar-refractivity contribution in [2.75, 3.05) is 6.54 Å². The van der Waals surface area contributed by atoms with Crippen LogP contribution in [0.5, 0.6) is 0 Å². The molecule has 14 heavy (non-hydrogen) atoms. The Morgan fingerprint density at radius 2 is 1.93 bits per heavy atom. The van der Waals surface area contributed by atoms with Crippen LogP contribution >= 0.6 is 0 Å². The minimum Gasteiger partial charge on any atom is -0.371 e. The molecule has 0 radical (unpaired) electrons. The molecule has 1 fully saturated rings. The van der Waals surface area contributed by atoms with E-state index in [4.69, 9.17) is 10.5 Å². The lowest BCUT2D eigenvalue weighted by atomic mass is 9.84. The first kappa shape index (κ1) is 12.0. The van der Waals surface area contributed by atoms with Gasteiger partial charge in [0.2, 0.25) is 0 Å². The van der Waals surface area contributed by atoms with Crippen LogP contribution in [-0.4, -0.2) is 18.2 Å². The van der Waals surface area contributed by atoms with E-state index in [1.807, 2.05) is 0 Å². The minimum atomic E-state index is -0.143. The lowest BCUT2D eigenvalue weighted by Crippen LogP contribution is -2.41. The van der Waals surface area contributed by atoms with Crippen molar-refractivity contribution in [1.29, 1.82) is 0 Å². The van der Waals surface area contributed by atoms with Crippen molar-refractivity contribution >= 4 is 0 Å². The standard InChI is InChI=1S/C12H25NO/c1-4-10-7-5-6-8-11(10)14-12(2,3)9-13/h10-11H,4-9,13H2,1-3H3. The van der Waals surface area contributed by atoms with E-state index in [0.29, 0.717) is 12.6 Å². The highest BCUT2D eigenvalue weighted by Crippen LogP contribution is 2.31. The van der Waals surface area contributed by atoms with Crippen LogP contribution in [-0.2, 0) is 4.74 Å². The highest BCUT2D eigenvalue weighted by Gasteiger charge is 2.29.